The van der Waals surface area contributed by atoms with Crippen molar-refractivity contribution in [3.63, 3.8) is 0 Å². The van der Waals surface area contributed by atoms with Crippen LogP contribution in [0.4, 0.5) is 0 Å². The van der Waals surface area contributed by atoms with E-state index in [1.165, 1.54) is 0 Å². The van der Waals surface area contributed by atoms with Crippen molar-refractivity contribution in [3.8, 4) is 0 Å². The van der Waals surface area contributed by atoms with E-state index < -0.39 is 0 Å². The van der Waals surface area contributed by atoms with E-state index in [1.54, 1.807) is 0 Å². The van der Waals surface area contributed by atoms with Crippen LogP contribution in [0, 0.1) is 5.41 Å². The molecular formula is C12H23N3O2. The average Bonchev–Trinajstić information content (AvgIpc) is 3.12. The predicted octanol–water partition coefficient (Wildman–Crippen LogP) is -0.830. The maximum atomic E-state index is 11.8. The molecule has 3 N–H and O–H groups in total. The molecule has 1 saturated heterocycles. The molecule has 98 valence electrons. The van der Waals surface area contributed by atoms with Gasteiger partial charge in [0.1, 0.15) is 0 Å². The van der Waals surface area contributed by atoms with E-state index in [0.717, 1.165) is 45.4 Å². The van der Waals surface area contributed by atoms with Crippen LogP contribution in [0.2, 0.25) is 0 Å². The molecule has 0 spiro atoms. The van der Waals surface area contributed by atoms with Gasteiger partial charge in [-0.25, -0.2) is 0 Å². The summed E-state index contributed by atoms with van der Waals surface area (Å²) in [5.74, 6) is 0.0895. The Morgan fingerprint density at radius 3 is 2.88 bits per heavy atom. The SMILES string of the molecule is O=C(CN1CCCNCC1)NCC1(CO)CC1. The van der Waals surface area contributed by atoms with Crippen molar-refractivity contribution in [2.24, 2.45) is 5.41 Å². The number of rotatable bonds is 5. The van der Waals surface area contributed by atoms with Crippen LogP contribution in [0.1, 0.15) is 19.3 Å². The lowest BCUT2D eigenvalue weighted by molar-refractivity contribution is -0.122. The van der Waals surface area contributed by atoms with Crippen LogP contribution in [0.5, 0.6) is 0 Å². The van der Waals surface area contributed by atoms with Gasteiger partial charge in [-0.3, -0.25) is 9.69 Å². The Morgan fingerprint density at radius 2 is 2.18 bits per heavy atom. The first kappa shape index (κ1) is 12.8. The maximum absolute atomic E-state index is 11.8. The molecule has 2 rings (SSSR count). The Morgan fingerprint density at radius 1 is 1.35 bits per heavy atom. The fourth-order valence-corrected chi connectivity index (χ4v) is 2.17. The molecule has 0 atom stereocenters. The molecule has 5 nitrogen and oxygen atoms in total. The largest absolute Gasteiger partial charge is 0.396 e. The average molecular weight is 241 g/mol. The molecule has 1 heterocycles. The highest BCUT2D eigenvalue weighted by molar-refractivity contribution is 5.78. The van der Waals surface area contributed by atoms with Crippen molar-refractivity contribution < 1.29 is 9.90 Å². The van der Waals surface area contributed by atoms with Gasteiger partial charge in [-0.05, 0) is 32.4 Å². The standard InChI is InChI=1S/C12H23N3O2/c16-10-12(2-3-12)9-14-11(17)8-15-6-1-4-13-5-7-15/h13,16H,1-10H2,(H,14,17). The predicted molar refractivity (Wildman–Crippen MR) is 65.7 cm³/mol. The summed E-state index contributed by atoms with van der Waals surface area (Å²) in [6, 6.07) is 0. The van der Waals surface area contributed by atoms with Gasteiger partial charge in [0.25, 0.3) is 0 Å². The van der Waals surface area contributed by atoms with E-state index in [9.17, 15) is 4.79 Å². The number of nitrogens with one attached hydrogen (secondary N) is 2. The van der Waals surface area contributed by atoms with E-state index in [1.807, 2.05) is 0 Å². The third-order valence-electron chi connectivity index (χ3n) is 3.75. The second-order valence-corrected chi connectivity index (χ2v) is 5.31. The van der Waals surface area contributed by atoms with Crippen molar-refractivity contribution in [2.45, 2.75) is 19.3 Å². The smallest absolute Gasteiger partial charge is 0.234 e. The van der Waals surface area contributed by atoms with Crippen molar-refractivity contribution in [1.29, 1.82) is 0 Å². The van der Waals surface area contributed by atoms with Gasteiger partial charge >= 0.3 is 0 Å². The van der Waals surface area contributed by atoms with Crippen LogP contribution in [-0.4, -0.2) is 61.8 Å². The summed E-state index contributed by atoms with van der Waals surface area (Å²) in [4.78, 5) is 13.9. The van der Waals surface area contributed by atoms with Crippen LogP contribution in [-0.2, 0) is 4.79 Å². The molecule has 1 aliphatic carbocycles. The fraction of sp³-hybridized carbons (Fsp3) is 0.917. The summed E-state index contributed by atoms with van der Waals surface area (Å²) in [6.45, 7) is 5.27. The molecule has 5 heteroatoms. The topological polar surface area (TPSA) is 64.6 Å². The number of carbonyl (C=O) groups excluding carboxylic acids is 1. The van der Waals surface area contributed by atoms with Crippen LogP contribution in [0.15, 0.2) is 0 Å². The van der Waals surface area contributed by atoms with Crippen molar-refractivity contribution in [1.82, 2.24) is 15.5 Å². The van der Waals surface area contributed by atoms with Gasteiger partial charge in [0, 0.05) is 25.0 Å². The monoisotopic (exact) mass is 241 g/mol. The zero-order chi connectivity index (χ0) is 12.1. The molecule has 0 aromatic carbocycles. The van der Waals surface area contributed by atoms with E-state index in [-0.39, 0.29) is 17.9 Å². The number of carbonyl (C=O) groups is 1. The van der Waals surface area contributed by atoms with Gasteiger partial charge in [0.2, 0.25) is 5.91 Å². The van der Waals surface area contributed by atoms with Crippen LogP contribution < -0.4 is 10.6 Å². The summed E-state index contributed by atoms with van der Waals surface area (Å²) in [5, 5.41) is 15.4. The van der Waals surface area contributed by atoms with Gasteiger partial charge in [0.15, 0.2) is 0 Å². The van der Waals surface area contributed by atoms with Gasteiger partial charge < -0.3 is 15.7 Å². The first-order valence-electron chi connectivity index (χ1n) is 6.55. The number of aliphatic hydroxyl groups excluding tert-OH is 1. The minimum absolute atomic E-state index is 0.00992. The highest BCUT2D eigenvalue weighted by Gasteiger charge is 2.42. The summed E-state index contributed by atoms with van der Waals surface area (Å²) >= 11 is 0. The van der Waals surface area contributed by atoms with Crippen molar-refractivity contribution >= 4 is 5.91 Å². The Bertz CT molecular complexity index is 258. The highest BCUT2D eigenvalue weighted by atomic mass is 16.3. The molecule has 0 bridgehead atoms. The second kappa shape index (κ2) is 5.80. The summed E-state index contributed by atoms with van der Waals surface area (Å²) < 4.78 is 0. The highest BCUT2D eigenvalue weighted by Crippen LogP contribution is 2.44. The molecule has 0 unspecified atom stereocenters. The Balaban J connectivity index is 1.65. The molecule has 2 fully saturated rings. The van der Waals surface area contributed by atoms with Gasteiger partial charge in [-0.1, -0.05) is 0 Å². The molecule has 1 saturated carbocycles. The number of aliphatic hydroxyl groups is 1. The molecule has 2 aliphatic rings. The van der Waals surface area contributed by atoms with Crippen LogP contribution in [0.3, 0.4) is 0 Å². The van der Waals surface area contributed by atoms with Gasteiger partial charge in [0.05, 0.1) is 13.2 Å². The Labute approximate surface area is 103 Å². The van der Waals surface area contributed by atoms with Crippen LogP contribution in [0.25, 0.3) is 0 Å². The molecule has 1 aliphatic heterocycles. The minimum Gasteiger partial charge on any atom is -0.396 e. The van der Waals surface area contributed by atoms with Crippen LogP contribution >= 0.6 is 0 Å². The molecule has 17 heavy (non-hydrogen) atoms. The van der Waals surface area contributed by atoms with E-state index in [4.69, 9.17) is 5.11 Å². The molecule has 0 aromatic rings. The Kier molecular flexibility index (Phi) is 4.36. The third-order valence-corrected chi connectivity index (χ3v) is 3.75. The fourth-order valence-electron chi connectivity index (χ4n) is 2.17. The van der Waals surface area contributed by atoms with E-state index >= 15 is 0 Å². The normalized spacial score (nSPS) is 24.1. The summed E-state index contributed by atoms with van der Waals surface area (Å²) in [7, 11) is 0. The number of hydrogen-bond acceptors (Lipinski definition) is 4. The third kappa shape index (κ3) is 3.94. The van der Waals surface area contributed by atoms with E-state index in [0.29, 0.717) is 13.1 Å². The molecule has 0 aromatic heterocycles. The number of nitrogens with zero attached hydrogens (tertiary/aromatic N) is 1. The number of amides is 1. The molecular weight excluding hydrogens is 218 g/mol. The summed E-state index contributed by atoms with van der Waals surface area (Å²) in [6.07, 6.45) is 3.18. The second-order valence-electron chi connectivity index (χ2n) is 5.31. The van der Waals surface area contributed by atoms with Gasteiger partial charge in [-0.15, -0.1) is 0 Å². The first-order chi connectivity index (χ1) is 8.24. The number of hydrogen-bond donors (Lipinski definition) is 3. The van der Waals surface area contributed by atoms with Crippen molar-refractivity contribution in [3.05, 3.63) is 0 Å². The first-order valence-corrected chi connectivity index (χ1v) is 6.55. The maximum Gasteiger partial charge on any atom is 0.234 e. The van der Waals surface area contributed by atoms with Crippen molar-refractivity contribution in [2.75, 3.05) is 45.9 Å². The summed E-state index contributed by atoms with van der Waals surface area (Å²) in [5.41, 5.74) is 0.00992. The van der Waals surface area contributed by atoms with Gasteiger partial charge in [-0.2, -0.15) is 0 Å². The Hall–Kier alpha value is -0.650. The van der Waals surface area contributed by atoms with E-state index in [2.05, 4.69) is 15.5 Å². The zero-order valence-electron chi connectivity index (χ0n) is 10.4. The molecule has 0 radical (unpaired) electrons. The lowest BCUT2D eigenvalue weighted by Gasteiger charge is -2.20. The lowest BCUT2D eigenvalue weighted by atomic mass is 10.1. The minimum atomic E-state index is 0.00992. The zero-order valence-corrected chi connectivity index (χ0v) is 10.4. The molecule has 1 amide bonds. The quantitative estimate of drug-likeness (QED) is 0.588. The lowest BCUT2D eigenvalue weighted by Crippen LogP contribution is -2.41.